The van der Waals surface area contributed by atoms with Crippen molar-refractivity contribution in [3.05, 3.63) is 46.9 Å². The Labute approximate surface area is 140 Å². The zero-order chi connectivity index (χ0) is 17.4. The van der Waals surface area contributed by atoms with Crippen molar-refractivity contribution in [2.24, 2.45) is 0 Å². The van der Waals surface area contributed by atoms with Crippen LogP contribution in [0.15, 0.2) is 35.5 Å². The van der Waals surface area contributed by atoms with Gasteiger partial charge in [-0.1, -0.05) is 12.1 Å². The number of urea groups is 1. The summed E-state index contributed by atoms with van der Waals surface area (Å²) >= 11 is 0. The van der Waals surface area contributed by atoms with Crippen LogP contribution in [0.1, 0.15) is 11.6 Å². The second-order valence-corrected chi connectivity index (χ2v) is 6.38. The van der Waals surface area contributed by atoms with Crippen LogP contribution in [0.25, 0.3) is 0 Å². The maximum Gasteiger partial charge on any atom is 0.322 e. The molecule has 7 heteroatoms. The van der Waals surface area contributed by atoms with Crippen molar-refractivity contribution in [1.82, 2.24) is 20.0 Å². The molecule has 1 N–H and O–H groups in total. The fourth-order valence-corrected chi connectivity index (χ4v) is 3.03. The molecule has 0 bridgehead atoms. The van der Waals surface area contributed by atoms with Crippen LogP contribution in [0.2, 0.25) is 0 Å². The molecule has 1 unspecified atom stereocenters. The summed E-state index contributed by atoms with van der Waals surface area (Å²) in [5.74, 6) is -0.425. The number of nitrogens with one attached hydrogen (secondary N) is 1. The normalized spacial score (nSPS) is 20.8. The summed E-state index contributed by atoms with van der Waals surface area (Å²) < 4.78 is 13.2. The second kappa shape index (κ2) is 6.24. The van der Waals surface area contributed by atoms with Crippen molar-refractivity contribution in [3.8, 4) is 0 Å². The Morgan fingerprint density at radius 1 is 1.25 bits per heavy atom. The summed E-state index contributed by atoms with van der Waals surface area (Å²) in [5, 5.41) is 2.84. The number of halogens is 1. The topological polar surface area (TPSA) is 55.9 Å². The van der Waals surface area contributed by atoms with Gasteiger partial charge in [-0.3, -0.25) is 9.69 Å². The molecule has 1 atom stereocenters. The number of rotatable bonds is 4. The molecule has 1 aromatic rings. The van der Waals surface area contributed by atoms with Gasteiger partial charge < -0.3 is 15.1 Å². The zero-order valence-electron chi connectivity index (χ0n) is 14.0. The fourth-order valence-electron chi connectivity index (χ4n) is 3.03. The predicted molar refractivity (Wildman–Crippen MR) is 87.6 cm³/mol. The Hall–Kier alpha value is -2.41. The Balaban J connectivity index is 1.92. The Morgan fingerprint density at radius 2 is 1.92 bits per heavy atom. The van der Waals surface area contributed by atoms with Gasteiger partial charge in [0.25, 0.3) is 5.91 Å². The lowest BCUT2D eigenvalue weighted by molar-refractivity contribution is -0.125. The quantitative estimate of drug-likeness (QED) is 0.901. The van der Waals surface area contributed by atoms with E-state index in [0.29, 0.717) is 24.2 Å². The molecule has 0 saturated carbocycles. The molecule has 2 heterocycles. The summed E-state index contributed by atoms with van der Waals surface area (Å²) in [6.45, 7) is 1.76. The number of carbonyl (C=O) groups is 2. The van der Waals surface area contributed by atoms with Crippen LogP contribution in [0, 0.1) is 5.82 Å². The van der Waals surface area contributed by atoms with E-state index in [1.807, 2.05) is 19.0 Å². The van der Waals surface area contributed by atoms with Gasteiger partial charge in [-0.25, -0.2) is 9.18 Å². The van der Waals surface area contributed by atoms with Crippen LogP contribution >= 0.6 is 0 Å². The molecular weight excluding hydrogens is 311 g/mol. The average molecular weight is 332 g/mol. The first-order valence-electron chi connectivity index (χ1n) is 7.85. The lowest BCUT2D eigenvalue weighted by Crippen LogP contribution is -2.45. The highest BCUT2D eigenvalue weighted by Gasteiger charge is 2.42. The van der Waals surface area contributed by atoms with Gasteiger partial charge in [-0.2, -0.15) is 0 Å². The van der Waals surface area contributed by atoms with Crippen molar-refractivity contribution < 1.29 is 14.0 Å². The predicted octanol–water partition coefficient (Wildman–Crippen LogP) is 1.18. The van der Waals surface area contributed by atoms with E-state index >= 15 is 0 Å². The molecule has 0 aliphatic carbocycles. The first kappa shape index (κ1) is 16.4. The molecule has 24 heavy (non-hydrogen) atoms. The molecule has 1 aromatic carbocycles. The molecule has 2 aliphatic heterocycles. The van der Waals surface area contributed by atoms with Crippen LogP contribution in [-0.4, -0.2) is 67.4 Å². The lowest BCUT2D eigenvalue weighted by Gasteiger charge is -2.31. The standard InChI is InChI=1S/C17H21FN4O2/c1-20(2)8-9-22-10-13-14(16(22)23)15(19-17(24)21(13)3)11-4-6-12(18)7-5-11/h4-7,15H,8-10H2,1-3H3,(H,19,24). The number of likely N-dealkylation sites (N-methyl/N-ethyl adjacent to an activating group) is 2. The molecule has 0 fully saturated rings. The molecule has 0 aromatic heterocycles. The molecule has 6 nitrogen and oxygen atoms in total. The van der Waals surface area contributed by atoms with Crippen LogP contribution in [-0.2, 0) is 4.79 Å². The lowest BCUT2D eigenvalue weighted by atomic mass is 9.96. The summed E-state index contributed by atoms with van der Waals surface area (Å²) in [4.78, 5) is 30.3. The number of nitrogens with zero attached hydrogens (tertiary/aromatic N) is 3. The molecule has 0 spiro atoms. The maximum absolute atomic E-state index is 13.2. The molecule has 0 radical (unpaired) electrons. The monoisotopic (exact) mass is 332 g/mol. The molecule has 128 valence electrons. The number of hydrogen-bond acceptors (Lipinski definition) is 3. The molecule has 0 saturated heterocycles. The summed E-state index contributed by atoms with van der Waals surface area (Å²) in [5.41, 5.74) is 1.99. The largest absolute Gasteiger partial charge is 0.332 e. The summed E-state index contributed by atoms with van der Waals surface area (Å²) in [6, 6.07) is 5.08. The summed E-state index contributed by atoms with van der Waals surface area (Å²) in [7, 11) is 5.56. The second-order valence-electron chi connectivity index (χ2n) is 6.38. The van der Waals surface area contributed by atoms with Crippen molar-refractivity contribution in [2.75, 3.05) is 40.8 Å². The first-order chi connectivity index (χ1) is 11.4. The van der Waals surface area contributed by atoms with Gasteiger partial charge in [-0.15, -0.1) is 0 Å². The maximum atomic E-state index is 13.2. The van der Waals surface area contributed by atoms with Crippen molar-refractivity contribution in [1.29, 1.82) is 0 Å². The van der Waals surface area contributed by atoms with Crippen molar-refractivity contribution >= 4 is 11.9 Å². The zero-order valence-corrected chi connectivity index (χ0v) is 14.0. The number of amides is 3. The van der Waals surface area contributed by atoms with Gasteiger partial charge in [0.05, 0.1) is 23.9 Å². The number of hydrogen-bond donors (Lipinski definition) is 1. The SMILES string of the molecule is CN(C)CCN1CC2=C(C1=O)C(c1ccc(F)cc1)NC(=O)N2C. The first-order valence-corrected chi connectivity index (χ1v) is 7.85. The van der Waals surface area contributed by atoms with E-state index < -0.39 is 6.04 Å². The Bertz CT molecular complexity index is 699. The van der Waals surface area contributed by atoms with Crippen LogP contribution < -0.4 is 5.32 Å². The van der Waals surface area contributed by atoms with Gasteiger partial charge >= 0.3 is 6.03 Å². The van der Waals surface area contributed by atoms with Gasteiger partial charge in [0.15, 0.2) is 0 Å². The molecule has 3 amide bonds. The van der Waals surface area contributed by atoms with Crippen LogP contribution in [0.5, 0.6) is 0 Å². The minimum absolute atomic E-state index is 0.0759. The fraction of sp³-hybridized carbons (Fsp3) is 0.412. The van der Waals surface area contributed by atoms with Crippen LogP contribution in [0.4, 0.5) is 9.18 Å². The average Bonchev–Trinajstić information content (AvgIpc) is 2.87. The van der Waals surface area contributed by atoms with Crippen molar-refractivity contribution in [3.63, 3.8) is 0 Å². The van der Waals surface area contributed by atoms with Gasteiger partial charge in [0.2, 0.25) is 0 Å². The van der Waals surface area contributed by atoms with E-state index in [-0.39, 0.29) is 17.8 Å². The smallest absolute Gasteiger partial charge is 0.322 e. The molecule has 2 aliphatic rings. The highest BCUT2D eigenvalue weighted by atomic mass is 19.1. The highest BCUT2D eigenvalue weighted by Crippen LogP contribution is 2.35. The third kappa shape index (κ3) is 2.87. The highest BCUT2D eigenvalue weighted by molar-refractivity contribution is 6.01. The number of benzene rings is 1. The van der Waals surface area contributed by atoms with Gasteiger partial charge in [-0.05, 0) is 31.8 Å². The van der Waals surface area contributed by atoms with Gasteiger partial charge in [0, 0.05) is 20.1 Å². The Morgan fingerprint density at radius 3 is 2.54 bits per heavy atom. The van der Waals surface area contributed by atoms with E-state index in [2.05, 4.69) is 5.32 Å². The number of carbonyl (C=O) groups excluding carboxylic acids is 2. The van der Waals surface area contributed by atoms with E-state index in [4.69, 9.17) is 0 Å². The molecule has 3 rings (SSSR count). The summed E-state index contributed by atoms with van der Waals surface area (Å²) in [6.07, 6.45) is 0. The molecular formula is C17H21FN4O2. The third-order valence-corrected chi connectivity index (χ3v) is 4.46. The van der Waals surface area contributed by atoms with E-state index in [1.54, 1.807) is 24.1 Å². The minimum atomic E-state index is -0.541. The van der Waals surface area contributed by atoms with E-state index in [9.17, 15) is 14.0 Å². The van der Waals surface area contributed by atoms with E-state index in [0.717, 1.165) is 12.2 Å². The van der Waals surface area contributed by atoms with Crippen molar-refractivity contribution in [2.45, 2.75) is 6.04 Å². The van der Waals surface area contributed by atoms with Gasteiger partial charge in [0.1, 0.15) is 5.82 Å². The van der Waals surface area contributed by atoms with E-state index in [1.165, 1.54) is 17.0 Å². The minimum Gasteiger partial charge on any atom is -0.332 e. The van der Waals surface area contributed by atoms with Crippen LogP contribution in [0.3, 0.4) is 0 Å². The third-order valence-electron chi connectivity index (χ3n) is 4.46. The Kier molecular flexibility index (Phi) is 4.28.